The molecular weight excluding hydrogens is 138 g/mol. The molecule has 11 heavy (non-hydrogen) atoms. The Morgan fingerprint density at radius 3 is 2.55 bits per heavy atom. The van der Waals surface area contributed by atoms with E-state index in [2.05, 4.69) is 4.90 Å². The molecule has 0 N–H and O–H groups in total. The molecule has 0 bridgehead atoms. The number of rotatable bonds is 5. The standard InChI is InChI=1S/C9H17NO/c11-9-5-1-2-6-10-7-3-4-8-10/h9H,1-8H2. The summed E-state index contributed by atoms with van der Waals surface area (Å²) in [5.41, 5.74) is 0. The maximum Gasteiger partial charge on any atom is 0.119 e. The minimum Gasteiger partial charge on any atom is -0.303 e. The molecule has 0 spiro atoms. The Bertz CT molecular complexity index is 108. The van der Waals surface area contributed by atoms with Crippen LogP contribution in [0.5, 0.6) is 0 Å². The number of likely N-dealkylation sites (tertiary alicyclic amines) is 1. The predicted octanol–water partition coefficient (Wildman–Crippen LogP) is 1.45. The fraction of sp³-hybridized carbons (Fsp3) is 0.889. The lowest BCUT2D eigenvalue weighted by Crippen LogP contribution is -2.20. The van der Waals surface area contributed by atoms with Gasteiger partial charge in [0.25, 0.3) is 0 Å². The molecule has 1 rings (SSSR count). The third kappa shape index (κ3) is 3.51. The van der Waals surface area contributed by atoms with Crippen LogP contribution < -0.4 is 0 Å². The lowest BCUT2D eigenvalue weighted by molar-refractivity contribution is -0.107. The first kappa shape index (κ1) is 8.72. The molecular formula is C9H17NO. The molecule has 0 aromatic rings. The third-order valence-corrected chi connectivity index (χ3v) is 2.25. The first-order valence-corrected chi connectivity index (χ1v) is 4.59. The second-order valence-corrected chi connectivity index (χ2v) is 3.21. The van der Waals surface area contributed by atoms with Crippen molar-refractivity contribution >= 4 is 6.29 Å². The van der Waals surface area contributed by atoms with Crippen molar-refractivity contribution in [2.45, 2.75) is 32.1 Å². The van der Waals surface area contributed by atoms with Crippen molar-refractivity contribution in [1.29, 1.82) is 0 Å². The monoisotopic (exact) mass is 155 g/mol. The van der Waals surface area contributed by atoms with Crippen molar-refractivity contribution in [3.63, 3.8) is 0 Å². The van der Waals surface area contributed by atoms with Gasteiger partial charge in [0.05, 0.1) is 0 Å². The van der Waals surface area contributed by atoms with E-state index in [0.29, 0.717) is 0 Å². The van der Waals surface area contributed by atoms with E-state index in [4.69, 9.17) is 0 Å². The van der Waals surface area contributed by atoms with Crippen LogP contribution in [0.25, 0.3) is 0 Å². The smallest absolute Gasteiger partial charge is 0.119 e. The van der Waals surface area contributed by atoms with Crippen LogP contribution in [0.15, 0.2) is 0 Å². The number of aldehydes is 1. The predicted molar refractivity (Wildman–Crippen MR) is 45.6 cm³/mol. The normalized spacial score (nSPS) is 18.9. The maximum absolute atomic E-state index is 9.99. The zero-order valence-electron chi connectivity index (χ0n) is 7.09. The number of carbonyl (C=O) groups is 1. The number of unbranched alkanes of at least 4 members (excludes halogenated alkanes) is 2. The van der Waals surface area contributed by atoms with E-state index in [1.165, 1.54) is 38.9 Å². The summed E-state index contributed by atoms with van der Waals surface area (Å²) in [6.45, 7) is 3.76. The molecule has 1 saturated heterocycles. The summed E-state index contributed by atoms with van der Waals surface area (Å²) >= 11 is 0. The van der Waals surface area contributed by atoms with Crippen molar-refractivity contribution in [2.24, 2.45) is 0 Å². The van der Waals surface area contributed by atoms with Crippen LogP contribution in [0, 0.1) is 0 Å². The van der Waals surface area contributed by atoms with Crippen LogP contribution >= 0.6 is 0 Å². The van der Waals surface area contributed by atoms with Gasteiger partial charge >= 0.3 is 0 Å². The van der Waals surface area contributed by atoms with Crippen LogP contribution in [0.1, 0.15) is 32.1 Å². The highest BCUT2D eigenvalue weighted by Crippen LogP contribution is 2.08. The Balaban J connectivity index is 1.89. The molecule has 0 radical (unpaired) electrons. The number of nitrogens with zero attached hydrogens (tertiary/aromatic N) is 1. The largest absolute Gasteiger partial charge is 0.303 e. The summed E-state index contributed by atoms with van der Waals surface area (Å²) in [5.74, 6) is 0. The van der Waals surface area contributed by atoms with Crippen LogP contribution in [0.3, 0.4) is 0 Å². The Kier molecular flexibility index (Phi) is 4.21. The fourth-order valence-electron chi connectivity index (χ4n) is 1.57. The summed E-state index contributed by atoms with van der Waals surface area (Å²) < 4.78 is 0. The molecule has 0 saturated carbocycles. The zero-order chi connectivity index (χ0) is 7.94. The highest BCUT2D eigenvalue weighted by atomic mass is 16.1. The van der Waals surface area contributed by atoms with Crippen LogP contribution in [0.4, 0.5) is 0 Å². The van der Waals surface area contributed by atoms with Crippen LogP contribution in [-0.2, 0) is 4.79 Å². The molecule has 1 heterocycles. The van der Waals surface area contributed by atoms with Crippen molar-refractivity contribution in [3.05, 3.63) is 0 Å². The van der Waals surface area contributed by atoms with Gasteiger partial charge < -0.3 is 9.69 Å². The SMILES string of the molecule is O=CCCCCN1CCCC1. The lowest BCUT2D eigenvalue weighted by atomic mass is 10.2. The number of hydrogen-bond acceptors (Lipinski definition) is 2. The van der Waals surface area contributed by atoms with Gasteiger partial charge in [0, 0.05) is 6.42 Å². The minimum absolute atomic E-state index is 0.744. The summed E-state index contributed by atoms with van der Waals surface area (Å²) in [6.07, 6.45) is 6.76. The zero-order valence-corrected chi connectivity index (χ0v) is 7.09. The van der Waals surface area contributed by atoms with E-state index in [-0.39, 0.29) is 0 Å². The minimum atomic E-state index is 0.744. The third-order valence-electron chi connectivity index (χ3n) is 2.25. The van der Waals surface area contributed by atoms with Crippen molar-refractivity contribution < 1.29 is 4.79 Å². The van der Waals surface area contributed by atoms with Gasteiger partial charge in [-0.15, -0.1) is 0 Å². The first-order valence-electron chi connectivity index (χ1n) is 4.59. The van der Waals surface area contributed by atoms with E-state index >= 15 is 0 Å². The van der Waals surface area contributed by atoms with Crippen molar-refractivity contribution in [1.82, 2.24) is 4.90 Å². The number of carbonyl (C=O) groups excluding carboxylic acids is 1. The summed E-state index contributed by atoms with van der Waals surface area (Å²) in [4.78, 5) is 12.5. The lowest BCUT2D eigenvalue weighted by Gasteiger charge is -2.12. The molecule has 0 unspecified atom stereocenters. The van der Waals surface area contributed by atoms with Crippen LogP contribution in [0.2, 0.25) is 0 Å². The summed E-state index contributed by atoms with van der Waals surface area (Å²) in [5, 5.41) is 0. The molecule has 0 aromatic heterocycles. The molecule has 64 valence electrons. The second-order valence-electron chi connectivity index (χ2n) is 3.21. The summed E-state index contributed by atoms with van der Waals surface area (Å²) in [7, 11) is 0. The van der Waals surface area contributed by atoms with Crippen LogP contribution in [-0.4, -0.2) is 30.8 Å². The van der Waals surface area contributed by atoms with E-state index < -0.39 is 0 Å². The first-order chi connectivity index (χ1) is 5.43. The van der Waals surface area contributed by atoms with Gasteiger partial charge in [-0.2, -0.15) is 0 Å². The van der Waals surface area contributed by atoms with Gasteiger partial charge in [-0.1, -0.05) is 0 Å². The molecule has 0 atom stereocenters. The highest BCUT2D eigenvalue weighted by Gasteiger charge is 2.09. The Hall–Kier alpha value is -0.370. The fourth-order valence-corrected chi connectivity index (χ4v) is 1.57. The quantitative estimate of drug-likeness (QED) is 0.442. The Morgan fingerprint density at radius 2 is 1.91 bits per heavy atom. The molecule has 2 heteroatoms. The van der Waals surface area contributed by atoms with Crippen molar-refractivity contribution in [3.8, 4) is 0 Å². The van der Waals surface area contributed by atoms with E-state index in [1.54, 1.807) is 0 Å². The van der Waals surface area contributed by atoms with Gasteiger partial charge in [-0.3, -0.25) is 0 Å². The highest BCUT2D eigenvalue weighted by molar-refractivity contribution is 5.48. The van der Waals surface area contributed by atoms with Gasteiger partial charge in [0.1, 0.15) is 6.29 Å². The molecule has 2 nitrogen and oxygen atoms in total. The molecule has 1 aliphatic heterocycles. The van der Waals surface area contributed by atoms with E-state index in [0.717, 1.165) is 19.1 Å². The second kappa shape index (κ2) is 5.30. The molecule has 0 aromatic carbocycles. The Morgan fingerprint density at radius 1 is 1.18 bits per heavy atom. The van der Waals surface area contributed by atoms with E-state index in [9.17, 15) is 4.79 Å². The molecule has 0 aliphatic carbocycles. The van der Waals surface area contributed by atoms with E-state index in [1.807, 2.05) is 0 Å². The average Bonchev–Trinajstić information content (AvgIpc) is 2.50. The average molecular weight is 155 g/mol. The van der Waals surface area contributed by atoms with Gasteiger partial charge in [-0.05, 0) is 45.3 Å². The molecule has 1 aliphatic rings. The van der Waals surface area contributed by atoms with Crippen molar-refractivity contribution in [2.75, 3.05) is 19.6 Å². The van der Waals surface area contributed by atoms with Gasteiger partial charge in [0.15, 0.2) is 0 Å². The maximum atomic E-state index is 9.99. The molecule has 1 fully saturated rings. The van der Waals surface area contributed by atoms with Gasteiger partial charge in [0.2, 0.25) is 0 Å². The van der Waals surface area contributed by atoms with Gasteiger partial charge in [-0.25, -0.2) is 0 Å². The molecule has 0 amide bonds. The Labute approximate surface area is 68.6 Å². The number of hydrogen-bond donors (Lipinski definition) is 0. The summed E-state index contributed by atoms with van der Waals surface area (Å²) in [6, 6.07) is 0. The topological polar surface area (TPSA) is 20.3 Å².